The first-order valence-electron chi connectivity index (χ1n) is 15.4. The Morgan fingerprint density at radius 2 is 1.37 bits per heavy atom. The molecule has 4 aliphatic rings. The first kappa shape index (κ1) is 27.4. The highest BCUT2D eigenvalue weighted by Gasteiger charge is 2.53. The molecule has 4 aromatic rings. The van der Waals surface area contributed by atoms with Gasteiger partial charge in [0.2, 0.25) is 0 Å². The number of hydrogen-bond acceptors (Lipinski definition) is 1. The van der Waals surface area contributed by atoms with Crippen LogP contribution in [0.15, 0.2) is 129 Å². The van der Waals surface area contributed by atoms with Gasteiger partial charge in [-0.2, -0.15) is 0 Å². The summed E-state index contributed by atoms with van der Waals surface area (Å²) in [5, 5.41) is 0. The molecule has 4 aromatic carbocycles. The average Bonchev–Trinajstić information content (AvgIpc) is 3.37. The second-order valence-corrected chi connectivity index (χ2v) is 15.5. The van der Waals surface area contributed by atoms with Gasteiger partial charge < -0.3 is 4.90 Å². The van der Waals surface area contributed by atoms with Crippen LogP contribution < -0.4 is 4.90 Å². The van der Waals surface area contributed by atoms with Crippen LogP contribution in [-0.2, 0) is 10.8 Å². The predicted octanol–water partition coefficient (Wildman–Crippen LogP) is 11.7. The van der Waals surface area contributed by atoms with E-state index in [-0.39, 0.29) is 10.8 Å². The summed E-state index contributed by atoms with van der Waals surface area (Å²) in [5.41, 5.74) is 14.0. The lowest BCUT2D eigenvalue weighted by molar-refractivity contribution is 0.304. The summed E-state index contributed by atoms with van der Waals surface area (Å²) < 4.78 is 2.18. The molecule has 0 aliphatic heterocycles. The van der Waals surface area contributed by atoms with E-state index in [9.17, 15) is 0 Å². The Kier molecular flexibility index (Phi) is 6.17. The van der Waals surface area contributed by atoms with E-state index in [0.717, 1.165) is 15.4 Å². The van der Waals surface area contributed by atoms with E-state index in [1.54, 1.807) is 5.56 Å². The summed E-state index contributed by atoms with van der Waals surface area (Å²) >= 11 is 7.32. The van der Waals surface area contributed by atoms with E-state index in [4.69, 9.17) is 0 Å². The van der Waals surface area contributed by atoms with Crippen molar-refractivity contribution >= 4 is 43.2 Å². The van der Waals surface area contributed by atoms with Crippen LogP contribution in [0.5, 0.6) is 0 Å². The second kappa shape index (κ2) is 9.68. The van der Waals surface area contributed by atoms with Crippen molar-refractivity contribution in [3.05, 3.63) is 152 Å². The van der Waals surface area contributed by atoms with Gasteiger partial charge in [0.25, 0.3) is 0 Å². The normalized spacial score (nSPS) is 23.3. The minimum absolute atomic E-state index is 0.000248. The highest BCUT2D eigenvalue weighted by atomic mass is 79.9. The van der Waals surface area contributed by atoms with Gasteiger partial charge in [0.15, 0.2) is 0 Å². The Hall–Kier alpha value is -3.14. The number of fused-ring (bicyclic) bond motifs is 8. The Balaban J connectivity index is 1.34. The van der Waals surface area contributed by atoms with Crippen LogP contribution in [0.3, 0.4) is 0 Å². The van der Waals surface area contributed by atoms with Crippen LogP contribution in [-0.4, -0.2) is 0 Å². The number of benzene rings is 4. The zero-order valence-electron chi connectivity index (χ0n) is 25.0. The third-order valence-corrected chi connectivity index (χ3v) is 11.8. The van der Waals surface area contributed by atoms with Gasteiger partial charge in [0.1, 0.15) is 0 Å². The van der Waals surface area contributed by atoms with Crippen molar-refractivity contribution in [1.82, 2.24) is 0 Å². The minimum atomic E-state index is -0.000248. The second-order valence-electron chi connectivity index (χ2n) is 13.7. The fourth-order valence-corrected chi connectivity index (χ4v) is 9.07. The van der Waals surface area contributed by atoms with Gasteiger partial charge in [-0.05, 0) is 123 Å². The van der Waals surface area contributed by atoms with E-state index in [1.807, 2.05) is 0 Å². The molecule has 0 N–H and O–H groups in total. The van der Waals surface area contributed by atoms with Crippen LogP contribution in [0.1, 0.15) is 62.3 Å². The molecule has 3 heteroatoms. The van der Waals surface area contributed by atoms with Crippen LogP contribution in [0.2, 0.25) is 0 Å². The third kappa shape index (κ3) is 4.00. The Morgan fingerprint density at radius 3 is 2.05 bits per heavy atom. The van der Waals surface area contributed by atoms with Gasteiger partial charge in [-0.1, -0.05) is 114 Å². The van der Waals surface area contributed by atoms with Crippen molar-refractivity contribution in [2.75, 3.05) is 4.90 Å². The topological polar surface area (TPSA) is 3.24 Å². The number of hydrogen-bond donors (Lipinski definition) is 0. The molecular formula is C40H35Br2N. The maximum atomic E-state index is 3.66. The Bertz CT molecular complexity index is 1830. The number of rotatable bonds is 3. The van der Waals surface area contributed by atoms with Crippen molar-refractivity contribution in [1.29, 1.82) is 0 Å². The lowest BCUT2D eigenvalue weighted by Crippen LogP contribution is -2.36. The van der Waals surface area contributed by atoms with E-state index in [0.29, 0.717) is 17.8 Å². The molecule has 0 amide bonds. The molecule has 0 aromatic heterocycles. The molecule has 43 heavy (non-hydrogen) atoms. The minimum Gasteiger partial charge on any atom is -0.311 e. The standard InChI is InChI=1S/C40H35Br2N/c1-39(2)33-12-8-7-9-28(33)31-21-35-32(22-34(31)39)38-30-11-6-5-10-29(30)37(23-36(38)40(35,3)4)43(26-17-13-24(41)14-18-26)27-19-15-25(42)16-20-27/h5-10,12-23,30,36,38H,11H2,1-4H3. The number of allylic oxidation sites excluding steroid dienone is 5. The van der Waals surface area contributed by atoms with Crippen molar-refractivity contribution in [2.24, 2.45) is 11.8 Å². The fourth-order valence-electron chi connectivity index (χ4n) is 8.54. The fraction of sp³-hybridized carbons (Fsp3) is 0.250. The largest absolute Gasteiger partial charge is 0.311 e. The van der Waals surface area contributed by atoms with Crippen molar-refractivity contribution < 1.29 is 0 Å². The summed E-state index contributed by atoms with van der Waals surface area (Å²) in [7, 11) is 0. The highest BCUT2D eigenvalue weighted by Crippen LogP contribution is 2.63. The summed E-state index contributed by atoms with van der Waals surface area (Å²) in [5.74, 6) is 1.26. The molecule has 8 rings (SSSR count). The number of nitrogens with zero attached hydrogens (tertiary/aromatic N) is 1. The maximum Gasteiger partial charge on any atom is 0.0462 e. The molecule has 0 fully saturated rings. The smallest absolute Gasteiger partial charge is 0.0462 e. The highest BCUT2D eigenvalue weighted by molar-refractivity contribution is 9.10. The third-order valence-electron chi connectivity index (χ3n) is 10.7. The van der Waals surface area contributed by atoms with E-state index in [2.05, 4.69) is 174 Å². The van der Waals surface area contributed by atoms with Crippen molar-refractivity contribution in [3.8, 4) is 11.1 Å². The molecule has 214 valence electrons. The van der Waals surface area contributed by atoms with Crippen molar-refractivity contribution in [2.45, 2.75) is 50.9 Å². The zero-order valence-corrected chi connectivity index (χ0v) is 28.2. The monoisotopic (exact) mass is 687 g/mol. The molecule has 4 aliphatic carbocycles. The molecular weight excluding hydrogens is 654 g/mol. The molecule has 1 nitrogen and oxygen atoms in total. The average molecular weight is 690 g/mol. The van der Waals surface area contributed by atoms with Crippen LogP contribution in [0.4, 0.5) is 11.4 Å². The number of halogens is 2. The van der Waals surface area contributed by atoms with Gasteiger partial charge >= 0.3 is 0 Å². The first-order valence-corrected chi connectivity index (χ1v) is 16.9. The summed E-state index contributed by atoms with van der Waals surface area (Å²) in [6, 6.07) is 31.7. The van der Waals surface area contributed by atoms with Gasteiger partial charge in [-0.25, -0.2) is 0 Å². The Morgan fingerprint density at radius 1 is 0.721 bits per heavy atom. The van der Waals surface area contributed by atoms with E-state index < -0.39 is 0 Å². The van der Waals surface area contributed by atoms with E-state index >= 15 is 0 Å². The molecule has 0 saturated heterocycles. The molecule has 0 saturated carbocycles. The number of anilines is 2. The first-order chi connectivity index (χ1) is 20.7. The molecule has 0 radical (unpaired) electrons. The van der Waals surface area contributed by atoms with Gasteiger partial charge in [0.05, 0.1) is 0 Å². The molecule has 0 bridgehead atoms. The summed E-state index contributed by atoms with van der Waals surface area (Å²) in [4.78, 5) is 2.48. The van der Waals surface area contributed by atoms with Gasteiger partial charge in [0, 0.05) is 31.4 Å². The van der Waals surface area contributed by atoms with E-state index in [1.165, 1.54) is 50.5 Å². The zero-order chi connectivity index (χ0) is 29.7. The molecule has 3 unspecified atom stereocenters. The lowest BCUT2D eigenvalue weighted by Gasteiger charge is -2.44. The van der Waals surface area contributed by atoms with Crippen LogP contribution >= 0.6 is 31.9 Å². The van der Waals surface area contributed by atoms with Crippen LogP contribution in [0, 0.1) is 11.8 Å². The molecule has 0 heterocycles. The van der Waals surface area contributed by atoms with Crippen molar-refractivity contribution in [3.63, 3.8) is 0 Å². The van der Waals surface area contributed by atoms with Gasteiger partial charge in [-0.15, -0.1) is 0 Å². The summed E-state index contributed by atoms with van der Waals surface area (Å²) in [6.07, 6.45) is 10.7. The summed E-state index contributed by atoms with van der Waals surface area (Å²) in [6.45, 7) is 9.78. The molecule has 3 atom stereocenters. The lowest BCUT2D eigenvalue weighted by atomic mass is 9.64. The van der Waals surface area contributed by atoms with Crippen LogP contribution in [0.25, 0.3) is 11.1 Å². The van der Waals surface area contributed by atoms with Gasteiger partial charge in [-0.3, -0.25) is 0 Å². The SMILES string of the molecule is CC1(C)c2ccccc2-c2cc3c(cc21)C1C2CC=CC=C2C(N(c2ccc(Br)cc2)c2ccc(Br)cc2)=CC1C3(C)C. The quantitative estimate of drug-likeness (QED) is 0.207. The Labute approximate surface area is 272 Å². The predicted molar refractivity (Wildman–Crippen MR) is 187 cm³/mol. The molecule has 0 spiro atoms. The maximum absolute atomic E-state index is 3.66.